The van der Waals surface area contributed by atoms with Crippen molar-refractivity contribution in [3.8, 4) is 0 Å². The zero-order chi connectivity index (χ0) is 15.9. The lowest BCUT2D eigenvalue weighted by Gasteiger charge is -2.13. The maximum absolute atomic E-state index is 4.42. The summed E-state index contributed by atoms with van der Waals surface area (Å²) in [6, 6.07) is 8.14. The Bertz CT molecular complexity index is 579. The molecule has 0 unspecified atom stereocenters. The number of nitrogens with zero attached hydrogens (tertiary/aromatic N) is 4. The van der Waals surface area contributed by atoms with E-state index in [-0.39, 0.29) is 0 Å². The Balaban J connectivity index is 1.97. The molecule has 0 atom stereocenters. The van der Waals surface area contributed by atoms with E-state index in [1.54, 1.807) is 6.20 Å². The largest absolute Gasteiger partial charge is 0.378 e. The normalized spacial score (nSPS) is 10.6. The Hall–Kier alpha value is -2.37. The molecule has 118 valence electrons. The van der Waals surface area contributed by atoms with Crippen LogP contribution in [0.5, 0.6) is 0 Å². The predicted octanol–water partition coefficient (Wildman–Crippen LogP) is 3.14. The van der Waals surface area contributed by atoms with Crippen LogP contribution >= 0.6 is 0 Å². The molecule has 0 saturated carbocycles. The molecule has 6 heteroatoms. The van der Waals surface area contributed by atoms with Crippen molar-refractivity contribution < 1.29 is 0 Å². The second-order valence-electron chi connectivity index (χ2n) is 5.84. The van der Waals surface area contributed by atoms with E-state index in [0.29, 0.717) is 17.7 Å². The summed E-state index contributed by atoms with van der Waals surface area (Å²) < 4.78 is 0. The Morgan fingerprint density at radius 3 is 2.50 bits per heavy atom. The maximum atomic E-state index is 4.42. The van der Waals surface area contributed by atoms with Gasteiger partial charge in [-0.3, -0.25) is 0 Å². The van der Waals surface area contributed by atoms with Gasteiger partial charge in [0, 0.05) is 32.0 Å². The van der Waals surface area contributed by atoms with Crippen molar-refractivity contribution in [2.24, 2.45) is 5.92 Å². The van der Waals surface area contributed by atoms with Gasteiger partial charge in [-0.15, -0.1) is 5.10 Å². The summed E-state index contributed by atoms with van der Waals surface area (Å²) in [6.45, 7) is 5.23. The molecule has 0 aliphatic rings. The molecule has 2 N–H and O–H groups in total. The molecule has 1 aromatic heterocycles. The van der Waals surface area contributed by atoms with E-state index in [9.17, 15) is 0 Å². The number of rotatable bonds is 7. The van der Waals surface area contributed by atoms with E-state index in [0.717, 1.165) is 24.3 Å². The molecule has 0 aliphatic heterocycles. The monoisotopic (exact) mass is 300 g/mol. The predicted molar refractivity (Wildman–Crippen MR) is 91.8 cm³/mol. The fourth-order valence-electron chi connectivity index (χ4n) is 1.90. The molecule has 2 rings (SSSR count). The Morgan fingerprint density at radius 2 is 1.86 bits per heavy atom. The number of nitrogens with one attached hydrogen (secondary N) is 2. The molecule has 0 aliphatic carbocycles. The molecule has 0 amide bonds. The fraction of sp³-hybridized carbons (Fsp3) is 0.438. The second kappa shape index (κ2) is 7.59. The first-order valence-corrected chi connectivity index (χ1v) is 7.52. The molecule has 0 fully saturated rings. The molecular formula is C16H24N6. The third-order valence-electron chi connectivity index (χ3n) is 3.22. The summed E-state index contributed by atoms with van der Waals surface area (Å²) in [6.07, 6.45) is 2.69. The van der Waals surface area contributed by atoms with Gasteiger partial charge in [0.1, 0.15) is 0 Å². The van der Waals surface area contributed by atoms with Crippen molar-refractivity contribution in [3.05, 3.63) is 30.5 Å². The fourth-order valence-corrected chi connectivity index (χ4v) is 1.90. The van der Waals surface area contributed by atoms with Crippen molar-refractivity contribution in [2.45, 2.75) is 20.3 Å². The maximum Gasteiger partial charge on any atom is 0.244 e. The van der Waals surface area contributed by atoms with Crippen LogP contribution in [0.25, 0.3) is 0 Å². The molecule has 0 radical (unpaired) electrons. The lowest BCUT2D eigenvalue weighted by atomic mass is 10.1. The van der Waals surface area contributed by atoms with Crippen LogP contribution in [0.4, 0.5) is 23.1 Å². The Kier molecular flexibility index (Phi) is 5.52. The van der Waals surface area contributed by atoms with E-state index >= 15 is 0 Å². The first-order valence-electron chi connectivity index (χ1n) is 7.52. The summed E-state index contributed by atoms with van der Waals surface area (Å²) in [7, 11) is 4.04. The first-order chi connectivity index (χ1) is 10.5. The number of anilines is 4. The van der Waals surface area contributed by atoms with Crippen LogP contribution in [0.2, 0.25) is 0 Å². The third kappa shape index (κ3) is 4.87. The number of aromatic nitrogens is 3. The smallest absolute Gasteiger partial charge is 0.244 e. The van der Waals surface area contributed by atoms with Crippen LogP contribution in [0.3, 0.4) is 0 Å². The van der Waals surface area contributed by atoms with Gasteiger partial charge >= 0.3 is 0 Å². The number of hydrogen-bond donors (Lipinski definition) is 2. The van der Waals surface area contributed by atoms with Gasteiger partial charge in [-0.2, -0.15) is 10.1 Å². The molecular weight excluding hydrogens is 276 g/mol. The highest BCUT2D eigenvalue weighted by Gasteiger charge is 2.02. The molecule has 1 aromatic carbocycles. The first kappa shape index (κ1) is 16.0. The Morgan fingerprint density at radius 1 is 1.14 bits per heavy atom. The van der Waals surface area contributed by atoms with Crippen molar-refractivity contribution >= 4 is 23.1 Å². The van der Waals surface area contributed by atoms with Crippen molar-refractivity contribution in [1.82, 2.24) is 15.2 Å². The van der Waals surface area contributed by atoms with Crippen molar-refractivity contribution in [2.75, 3.05) is 36.2 Å². The highest BCUT2D eigenvalue weighted by Crippen LogP contribution is 2.18. The average Bonchev–Trinajstić information content (AvgIpc) is 2.48. The highest BCUT2D eigenvalue weighted by atomic mass is 15.3. The summed E-state index contributed by atoms with van der Waals surface area (Å²) in [4.78, 5) is 6.48. The van der Waals surface area contributed by atoms with Gasteiger partial charge in [0.25, 0.3) is 0 Å². The summed E-state index contributed by atoms with van der Waals surface area (Å²) in [5.41, 5.74) is 2.13. The minimum atomic E-state index is 0.551. The molecule has 6 nitrogen and oxygen atoms in total. The minimum Gasteiger partial charge on any atom is -0.378 e. The van der Waals surface area contributed by atoms with Crippen molar-refractivity contribution in [3.63, 3.8) is 0 Å². The van der Waals surface area contributed by atoms with E-state index in [2.05, 4.69) is 56.7 Å². The van der Waals surface area contributed by atoms with Gasteiger partial charge in [-0.1, -0.05) is 13.8 Å². The van der Waals surface area contributed by atoms with Crippen LogP contribution in [-0.4, -0.2) is 35.8 Å². The van der Waals surface area contributed by atoms with Gasteiger partial charge in [0.2, 0.25) is 5.95 Å². The standard InChI is InChI=1S/C16H24N6/c1-12(2)9-10-17-16-20-15(11-18-21-16)19-13-5-7-14(8-6-13)22(3)4/h5-8,11-12H,9-10H2,1-4H3,(H2,17,19,20,21). The highest BCUT2D eigenvalue weighted by molar-refractivity contribution is 5.60. The minimum absolute atomic E-state index is 0.551. The van der Waals surface area contributed by atoms with E-state index in [1.807, 2.05) is 26.2 Å². The quantitative estimate of drug-likeness (QED) is 0.819. The van der Waals surface area contributed by atoms with Crippen LogP contribution in [-0.2, 0) is 0 Å². The molecule has 0 spiro atoms. The molecule has 22 heavy (non-hydrogen) atoms. The summed E-state index contributed by atoms with van der Waals surface area (Å²) in [5, 5.41) is 14.4. The van der Waals surface area contributed by atoms with Crippen LogP contribution in [0.1, 0.15) is 20.3 Å². The van der Waals surface area contributed by atoms with Gasteiger partial charge < -0.3 is 15.5 Å². The summed E-state index contributed by atoms with van der Waals surface area (Å²) >= 11 is 0. The van der Waals surface area contributed by atoms with Crippen molar-refractivity contribution in [1.29, 1.82) is 0 Å². The van der Waals surface area contributed by atoms with Gasteiger partial charge in [-0.25, -0.2) is 0 Å². The van der Waals surface area contributed by atoms with Crippen LogP contribution in [0, 0.1) is 5.92 Å². The number of hydrogen-bond acceptors (Lipinski definition) is 6. The average molecular weight is 300 g/mol. The SMILES string of the molecule is CC(C)CCNc1nncc(Nc2ccc(N(C)C)cc2)n1. The molecule has 0 saturated heterocycles. The zero-order valence-corrected chi connectivity index (χ0v) is 13.7. The number of benzene rings is 1. The van der Waals surface area contributed by atoms with Crippen LogP contribution in [0.15, 0.2) is 30.5 Å². The lowest BCUT2D eigenvalue weighted by Crippen LogP contribution is -2.09. The van der Waals surface area contributed by atoms with Gasteiger partial charge in [0.15, 0.2) is 5.82 Å². The molecule has 0 bridgehead atoms. The topological polar surface area (TPSA) is 66.0 Å². The van der Waals surface area contributed by atoms with Gasteiger partial charge in [-0.05, 0) is 36.6 Å². The van der Waals surface area contributed by atoms with Gasteiger partial charge in [0.05, 0.1) is 6.20 Å². The van der Waals surface area contributed by atoms with Crippen LogP contribution < -0.4 is 15.5 Å². The third-order valence-corrected chi connectivity index (χ3v) is 3.22. The Labute approximate surface area is 132 Å². The van der Waals surface area contributed by atoms with E-state index < -0.39 is 0 Å². The van der Waals surface area contributed by atoms with E-state index in [1.165, 1.54) is 0 Å². The van der Waals surface area contributed by atoms with E-state index in [4.69, 9.17) is 0 Å². The molecule has 2 aromatic rings. The lowest BCUT2D eigenvalue weighted by molar-refractivity contribution is 0.605. The second-order valence-corrected chi connectivity index (χ2v) is 5.84. The molecule has 1 heterocycles. The summed E-state index contributed by atoms with van der Waals surface area (Å²) in [5.74, 6) is 1.88. The zero-order valence-electron chi connectivity index (χ0n) is 13.7.